The van der Waals surface area contributed by atoms with Gasteiger partial charge in [0.1, 0.15) is 0 Å². The first-order valence-electron chi connectivity index (χ1n) is 34.3. The molecule has 0 N–H and O–H groups in total. The van der Waals surface area contributed by atoms with Crippen molar-refractivity contribution in [3.8, 4) is 5.69 Å². The molecule has 8 atom stereocenters. The molecule has 84 heavy (non-hydrogen) atoms. The summed E-state index contributed by atoms with van der Waals surface area (Å²) in [6, 6.07) is 10.7. The number of nitrogens with zero attached hydrogens (tertiary/aromatic N) is 7. The van der Waals surface area contributed by atoms with Gasteiger partial charge >= 0.3 is 0 Å². The molecule has 8 unspecified atom stereocenters. The lowest BCUT2D eigenvalue weighted by Crippen LogP contribution is -2.25. The van der Waals surface area contributed by atoms with E-state index < -0.39 is 0 Å². The van der Waals surface area contributed by atoms with E-state index in [0.29, 0.717) is 47.3 Å². The van der Waals surface area contributed by atoms with Gasteiger partial charge in [-0.25, -0.2) is 0 Å². The van der Waals surface area contributed by atoms with Crippen LogP contribution in [0.25, 0.3) is 104 Å². The van der Waals surface area contributed by atoms with E-state index in [1.54, 1.807) is 22.3 Å². The molecule has 16 aliphatic carbocycles. The summed E-state index contributed by atoms with van der Waals surface area (Å²) < 4.78 is 8.53. The van der Waals surface area contributed by atoms with Gasteiger partial charge in [-0.1, -0.05) is 17.7 Å². The van der Waals surface area contributed by atoms with Crippen molar-refractivity contribution in [2.75, 3.05) is 0 Å². The van der Waals surface area contributed by atoms with Crippen molar-refractivity contribution in [2.24, 2.45) is 47.3 Å². The zero-order chi connectivity index (χ0) is 53.9. The number of rotatable bonds is 1. The molecule has 416 valence electrons. The fourth-order valence-electron chi connectivity index (χ4n) is 26.2. The Morgan fingerprint density at radius 3 is 0.905 bits per heavy atom. The van der Waals surface area contributed by atoms with Crippen LogP contribution in [0.15, 0.2) is 49.1 Å². The van der Waals surface area contributed by atoms with Crippen molar-refractivity contribution < 1.29 is 0 Å². The Bertz CT molecular complexity index is 4750. The molecule has 12 aromatic rings. The summed E-state index contributed by atoms with van der Waals surface area (Å²) in [5.41, 5.74) is 29.0. The summed E-state index contributed by atoms with van der Waals surface area (Å²) >= 11 is 0. The second-order valence-corrected chi connectivity index (χ2v) is 32.3. The monoisotopic (exact) mass is 1100 g/mol. The van der Waals surface area contributed by atoms with Crippen LogP contribution in [-0.2, 0) is 0 Å². The van der Waals surface area contributed by atoms with Crippen molar-refractivity contribution in [1.82, 2.24) is 33.3 Å². The Morgan fingerprint density at radius 1 is 0.298 bits per heavy atom. The Hall–Kier alpha value is -6.34. The normalized spacial score (nSPS) is 34.6. The molecule has 16 aliphatic rings. The lowest BCUT2D eigenvalue weighted by molar-refractivity contribution is 0.165. The first-order valence-corrected chi connectivity index (χ1v) is 34.3. The highest BCUT2D eigenvalue weighted by Gasteiger charge is 2.50. The molecule has 0 aliphatic heterocycles. The smallest absolute Gasteiger partial charge is 0.0729 e. The lowest BCUT2D eigenvalue weighted by Gasteiger charge is -2.38. The van der Waals surface area contributed by atoms with Crippen LogP contribution < -0.4 is 0 Å². The minimum absolute atomic E-state index is 0.544. The SMILES string of the molecule is Cc1cc(C)c(-n2c3c(cc4c5c6c(ncc5n5c7cnc8c(c7c3c45)C3CC4CC(CC8C4)C3)C3CC4CC(C3)CC6C4)c3cc4c5c6c(ncc5n5c7cnc8c(c7c(c32)c45)C2CC3CC(CC8C3)C2)C2CC3CC(C2)CC6C3)c(C)c1. The number of hydrogen-bond acceptors (Lipinski definition) is 4. The van der Waals surface area contributed by atoms with Gasteiger partial charge in [0, 0.05) is 100 Å². The van der Waals surface area contributed by atoms with Gasteiger partial charge in [0.15, 0.2) is 0 Å². The van der Waals surface area contributed by atoms with Crippen LogP contribution in [0.2, 0.25) is 0 Å². The minimum atomic E-state index is 0.544. The molecule has 9 heterocycles. The maximum absolute atomic E-state index is 5.83. The first-order chi connectivity index (χ1) is 41.3. The van der Waals surface area contributed by atoms with E-state index in [1.807, 2.05) is 0 Å². The number of aryl methyl sites for hydroxylation is 3. The van der Waals surface area contributed by atoms with Crippen molar-refractivity contribution >= 4 is 98.0 Å². The van der Waals surface area contributed by atoms with Crippen LogP contribution >= 0.6 is 0 Å². The van der Waals surface area contributed by atoms with Crippen LogP contribution in [-0.4, -0.2) is 33.3 Å². The average molecular weight is 1100 g/mol. The Balaban J connectivity index is 0.966. The third-order valence-electron chi connectivity index (χ3n) is 27.8. The summed E-state index contributed by atoms with van der Waals surface area (Å²) in [7, 11) is 0. The van der Waals surface area contributed by atoms with Gasteiger partial charge in [0.2, 0.25) is 0 Å². The maximum Gasteiger partial charge on any atom is 0.0729 e. The molecule has 28 rings (SSSR count). The van der Waals surface area contributed by atoms with Gasteiger partial charge in [0.05, 0.1) is 74.6 Å². The molecule has 0 radical (unpaired) electrons. The molecule has 9 aromatic heterocycles. The van der Waals surface area contributed by atoms with Crippen LogP contribution in [0.4, 0.5) is 0 Å². The Kier molecular flexibility index (Phi) is 7.89. The van der Waals surface area contributed by atoms with E-state index in [2.05, 4.69) is 83.2 Å². The number of pyridine rings is 4. The summed E-state index contributed by atoms with van der Waals surface area (Å²) in [6.45, 7) is 7.22. The zero-order valence-corrected chi connectivity index (χ0v) is 49.1. The predicted octanol–water partition coefficient (Wildman–Crippen LogP) is 19.2. The minimum Gasteiger partial charge on any atom is -0.307 e. The van der Waals surface area contributed by atoms with E-state index in [9.17, 15) is 0 Å². The van der Waals surface area contributed by atoms with Crippen LogP contribution in [0, 0.1) is 68.1 Å². The van der Waals surface area contributed by atoms with Crippen molar-refractivity contribution in [3.63, 3.8) is 0 Å². The van der Waals surface area contributed by atoms with E-state index >= 15 is 0 Å². The van der Waals surface area contributed by atoms with Crippen molar-refractivity contribution in [2.45, 2.75) is 197 Å². The van der Waals surface area contributed by atoms with Crippen LogP contribution in [0.5, 0.6) is 0 Å². The summed E-state index contributed by atoms with van der Waals surface area (Å²) in [5, 5.41) is 15.1. The van der Waals surface area contributed by atoms with Gasteiger partial charge in [-0.15, -0.1) is 0 Å². The zero-order valence-electron chi connectivity index (χ0n) is 49.1. The lowest BCUT2D eigenvalue weighted by atomic mass is 9.67. The second kappa shape index (κ2) is 14.7. The highest BCUT2D eigenvalue weighted by molar-refractivity contribution is 6.40. The van der Waals surface area contributed by atoms with Crippen molar-refractivity contribution in [1.29, 1.82) is 0 Å². The van der Waals surface area contributed by atoms with Crippen LogP contribution in [0.1, 0.15) is 237 Å². The quantitative estimate of drug-likeness (QED) is 0.164. The molecular formula is C77H73N7. The molecule has 16 bridgehead atoms. The fourth-order valence-corrected chi connectivity index (χ4v) is 26.2. The highest BCUT2D eigenvalue weighted by Crippen LogP contribution is 2.65. The summed E-state index contributed by atoms with van der Waals surface area (Å²) in [5.74, 6) is 11.1. The number of benzene rings is 3. The van der Waals surface area contributed by atoms with Gasteiger partial charge in [-0.3, -0.25) is 19.9 Å². The van der Waals surface area contributed by atoms with Crippen LogP contribution in [0.3, 0.4) is 0 Å². The molecule has 8 saturated carbocycles. The number of hydrogen-bond donors (Lipinski definition) is 0. The van der Waals surface area contributed by atoms with Gasteiger partial charge in [0.25, 0.3) is 0 Å². The molecule has 7 heteroatoms. The van der Waals surface area contributed by atoms with Gasteiger partial charge < -0.3 is 13.4 Å². The largest absolute Gasteiger partial charge is 0.307 e. The van der Waals surface area contributed by atoms with Gasteiger partial charge in [-0.2, -0.15) is 0 Å². The summed E-state index contributed by atoms with van der Waals surface area (Å²) in [6.07, 6.45) is 36.5. The number of fused-ring (bicyclic) bond motifs is 17. The standard InChI is InChI=1S/C77H73N7/c1-32-4-33(2)73(34(3)5-32)84-74-51(26-53-63-55(28-78-69-47-18-35-6-36(19-47)11-43(10-35)59(63)69)82-57-30-80-71-49-22-39-8-40(23-49)15-45(14-39)61(71)65(57)67(74)76(53)82)52-27-54-64-56(29-79-70-48-20-37-7-38(21-48)13-44(12-37)60(64)70)83-58-31-81-72-50-24-41-9-42(25-50)17-46(16-41)62(72)66(58)68(75(52)84)77(54)83/h4-5,26-31,35-50H,6-25H2,1-3H3. The number of aromatic nitrogens is 7. The van der Waals surface area contributed by atoms with Crippen molar-refractivity contribution in [3.05, 3.63) is 111 Å². The average Bonchev–Trinajstić information content (AvgIpc) is 1.51. The molecular weight excluding hydrogens is 1020 g/mol. The second-order valence-electron chi connectivity index (χ2n) is 32.3. The van der Waals surface area contributed by atoms with E-state index in [4.69, 9.17) is 19.9 Å². The molecule has 0 saturated heterocycles. The van der Waals surface area contributed by atoms with E-state index in [1.165, 1.54) is 272 Å². The molecule has 3 aromatic carbocycles. The molecule has 0 spiro atoms. The molecule has 0 amide bonds. The fraction of sp³-hybridized carbons (Fsp3) is 0.506. The first kappa shape index (κ1) is 45.0. The highest BCUT2D eigenvalue weighted by atomic mass is 15.0. The Labute approximate surface area is 489 Å². The van der Waals surface area contributed by atoms with E-state index in [0.717, 1.165) is 47.3 Å². The topological polar surface area (TPSA) is 65.3 Å². The molecule has 7 nitrogen and oxygen atoms in total. The maximum atomic E-state index is 5.83. The van der Waals surface area contributed by atoms with E-state index in [-0.39, 0.29) is 0 Å². The third kappa shape index (κ3) is 5.17. The Morgan fingerprint density at radius 2 is 0.583 bits per heavy atom. The third-order valence-corrected chi connectivity index (χ3v) is 27.8. The summed E-state index contributed by atoms with van der Waals surface area (Å²) in [4.78, 5) is 23.2. The van der Waals surface area contributed by atoms with Gasteiger partial charge in [-0.05, 0) is 266 Å². The molecule has 8 fully saturated rings. The predicted molar refractivity (Wildman–Crippen MR) is 338 cm³/mol.